The third kappa shape index (κ3) is 2.53. The molecule has 2 aromatic heterocycles. The molecule has 0 unspecified atom stereocenters. The summed E-state index contributed by atoms with van der Waals surface area (Å²) in [6.07, 6.45) is 1.82. The van der Waals surface area contributed by atoms with Crippen LogP contribution in [0.1, 0.15) is 30.5 Å². The monoisotopic (exact) mass is 224 g/mol. The Labute approximate surface area is 91.6 Å². The van der Waals surface area contributed by atoms with E-state index in [1.54, 1.807) is 16.8 Å². The van der Waals surface area contributed by atoms with Crippen LogP contribution in [0.15, 0.2) is 16.1 Å². The number of nitrogens with one attached hydrogen (secondary N) is 1. The minimum atomic E-state index is 0.261. The molecule has 2 heterocycles. The second-order valence-electron chi connectivity index (χ2n) is 3.42. The molecule has 0 aliphatic heterocycles. The lowest BCUT2D eigenvalue weighted by Crippen LogP contribution is -1.97. The molecule has 0 atom stereocenters. The third-order valence-electron chi connectivity index (χ3n) is 1.83. The van der Waals surface area contributed by atoms with Gasteiger partial charge in [0.2, 0.25) is 5.89 Å². The first-order valence-electron chi connectivity index (χ1n) is 4.70. The van der Waals surface area contributed by atoms with E-state index in [1.165, 1.54) is 0 Å². The van der Waals surface area contributed by atoms with Gasteiger partial charge in [-0.3, -0.25) is 4.98 Å². The highest BCUT2D eigenvalue weighted by Gasteiger charge is 2.08. The lowest BCUT2D eigenvalue weighted by molar-refractivity contribution is 0.480. The Kier molecular flexibility index (Phi) is 2.96. The summed E-state index contributed by atoms with van der Waals surface area (Å²) < 4.78 is 5.39. The number of hydrogen-bond acceptors (Lipinski definition) is 6. The topological polar surface area (TPSA) is 63.8 Å². The standard InChI is InChI=1S/C9H12N4OS/c1-6(2)8-12-13-9(14-8)11-4-7-3-10-5-15-7/h3,5-6H,4H2,1-2H3,(H,11,13). The highest BCUT2D eigenvalue weighted by Crippen LogP contribution is 2.15. The van der Waals surface area contributed by atoms with E-state index < -0.39 is 0 Å². The average Bonchev–Trinajstić information content (AvgIpc) is 2.86. The van der Waals surface area contributed by atoms with Gasteiger partial charge in [-0.2, -0.15) is 0 Å². The molecule has 15 heavy (non-hydrogen) atoms. The Morgan fingerprint density at radius 1 is 1.47 bits per heavy atom. The van der Waals surface area contributed by atoms with Crippen molar-refractivity contribution in [3.05, 3.63) is 22.5 Å². The highest BCUT2D eigenvalue weighted by molar-refractivity contribution is 7.09. The van der Waals surface area contributed by atoms with E-state index in [4.69, 9.17) is 4.42 Å². The Hall–Kier alpha value is -1.43. The van der Waals surface area contributed by atoms with E-state index in [0.29, 0.717) is 18.5 Å². The Morgan fingerprint density at radius 2 is 2.33 bits per heavy atom. The predicted octanol–water partition coefficient (Wildman–Crippen LogP) is 2.26. The summed E-state index contributed by atoms with van der Waals surface area (Å²) in [5, 5.41) is 10.9. The van der Waals surface area contributed by atoms with Crippen LogP contribution in [0.5, 0.6) is 0 Å². The van der Waals surface area contributed by atoms with Crippen molar-refractivity contribution < 1.29 is 4.42 Å². The molecule has 6 heteroatoms. The van der Waals surface area contributed by atoms with E-state index in [-0.39, 0.29) is 5.92 Å². The van der Waals surface area contributed by atoms with Crippen LogP contribution in [0.3, 0.4) is 0 Å². The van der Waals surface area contributed by atoms with E-state index >= 15 is 0 Å². The summed E-state index contributed by atoms with van der Waals surface area (Å²) in [5.41, 5.74) is 1.80. The number of nitrogens with zero attached hydrogens (tertiary/aromatic N) is 3. The van der Waals surface area contributed by atoms with Crippen molar-refractivity contribution in [2.75, 3.05) is 5.32 Å². The average molecular weight is 224 g/mol. The fraction of sp³-hybridized carbons (Fsp3) is 0.444. The summed E-state index contributed by atoms with van der Waals surface area (Å²) in [6.45, 7) is 4.70. The normalized spacial score (nSPS) is 10.9. The SMILES string of the molecule is CC(C)c1nnc(NCc2cncs2)o1. The van der Waals surface area contributed by atoms with Gasteiger partial charge in [-0.05, 0) is 0 Å². The van der Waals surface area contributed by atoms with Crippen LogP contribution < -0.4 is 5.32 Å². The smallest absolute Gasteiger partial charge is 0.315 e. The van der Waals surface area contributed by atoms with Gasteiger partial charge in [0.1, 0.15) is 0 Å². The van der Waals surface area contributed by atoms with Gasteiger partial charge < -0.3 is 9.73 Å². The zero-order valence-electron chi connectivity index (χ0n) is 8.60. The zero-order valence-corrected chi connectivity index (χ0v) is 9.41. The largest absolute Gasteiger partial charge is 0.408 e. The maximum absolute atomic E-state index is 5.39. The molecule has 0 saturated heterocycles. The van der Waals surface area contributed by atoms with Crippen LogP contribution in [0, 0.1) is 0 Å². The highest BCUT2D eigenvalue weighted by atomic mass is 32.1. The Balaban J connectivity index is 1.94. The molecule has 80 valence electrons. The van der Waals surface area contributed by atoms with Crippen molar-refractivity contribution in [1.29, 1.82) is 0 Å². The lowest BCUT2D eigenvalue weighted by atomic mass is 10.2. The maximum Gasteiger partial charge on any atom is 0.315 e. The van der Waals surface area contributed by atoms with Crippen LogP contribution in [0.2, 0.25) is 0 Å². The predicted molar refractivity (Wildman–Crippen MR) is 57.8 cm³/mol. The Bertz CT molecular complexity index is 409. The van der Waals surface area contributed by atoms with Gasteiger partial charge in [0.05, 0.1) is 12.1 Å². The van der Waals surface area contributed by atoms with Gasteiger partial charge in [0.15, 0.2) is 0 Å². The van der Waals surface area contributed by atoms with E-state index in [2.05, 4.69) is 20.5 Å². The van der Waals surface area contributed by atoms with Gasteiger partial charge in [-0.1, -0.05) is 18.9 Å². The summed E-state index contributed by atoms with van der Waals surface area (Å²) in [7, 11) is 0. The molecular formula is C9H12N4OS. The van der Waals surface area contributed by atoms with Crippen molar-refractivity contribution >= 4 is 17.4 Å². The fourth-order valence-corrected chi connectivity index (χ4v) is 1.57. The molecule has 2 aromatic rings. The maximum atomic E-state index is 5.39. The first kappa shape index (κ1) is 10.1. The third-order valence-corrected chi connectivity index (χ3v) is 2.61. The number of anilines is 1. The fourth-order valence-electron chi connectivity index (χ4n) is 1.03. The molecule has 0 radical (unpaired) electrons. The second-order valence-corrected chi connectivity index (χ2v) is 4.39. The van der Waals surface area contributed by atoms with Crippen LogP contribution >= 0.6 is 11.3 Å². The summed E-state index contributed by atoms with van der Waals surface area (Å²) in [4.78, 5) is 5.12. The molecule has 5 nitrogen and oxygen atoms in total. The first-order valence-corrected chi connectivity index (χ1v) is 5.58. The van der Waals surface area contributed by atoms with Crippen molar-refractivity contribution in [2.24, 2.45) is 0 Å². The van der Waals surface area contributed by atoms with E-state index in [9.17, 15) is 0 Å². The van der Waals surface area contributed by atoms with Crippen LogP contribution in [0.25, 0.3) is 0 Å². The van der Waals surface area contributed by atoms with Crippen molar-refractivity contribution in [3.63, 3.8) is 0 Å². The van der Waals surface area contributed by atoms with Crippen LogP contribution in [-0.2, 0) is 6.54 Å². The number of aromatic nitrogens is 3. The number of hydrogen-bond donors (Lipinski definition) is 1. The molecule has 0 spiro atoms. The molecule has 0 aliphatic rings. The lowest BCUT2D eigenvalue weighted by Gasteiger charge is -1.97. The van der Waals surface area contributed by atoms with E-state index in [1.807, 2.05) is 20.0 Å². The van der Waals surface area contributed by atoms with Gasteiger partial charge in [0.25, 0.3) is 0 Å². The van der Waals surface area contributed by atoms with Gasteiger partial charge >= 0.3 is 6.01 Å². The molecule has 0 amide bonds. The van der Waals surface area contributed by atoms with Gasteiger partial charge in [-0.25, -0.2) is 0 Å². The number of rotatable bonds is 4. The van der Waals surface area contributed by atoms with Crippen LogP contribution in [-0.4, -0.2) is 15.2 Å². The van der Waals surface area contributed by atoms with Crippen LogP contribution in [0.4, 0.5) is 6.01 Å². The molecule has 0 fully saturated rings. The molecule has 1 N–H and O–H groups in total. The van der Waals surface area contributed by atoms with Gasteiger partial charge in [0, 0.05) is 17.0 Å². The molecule has 2 rings (SSSR count). The van der Waals surface area contributed by atoms with Crippen molar-refractivity contribution in [3.8, 4) is 0 Å². The summed E-state index contributed by atoms with van der Waals surface area (Å²) in [5.74, 6) is 0.915. The molecular weight excluding hydrogens is 212 g/mol. The molecule has 0 aromatic carbocycles. The van der Waals surface area contributed by atoms with Gasteiger partial charge in [-0.15, -0.1) is 16.4 Å². The summed E-state index contributed by atoms with van der Waals surface area (Å²) in [6, 6.07) is 0.465. The molecule has 0 aliphatic carbocycles. The minimum absolute atomic E-state index is 0.261. The quantitative estimate of drug-likeness (QED) is 0.863. The molecule has 0 saturated carbocycles. The second kappa shape index (κ2) is 4.39. The first-order chi connectivity index (χ1) is 7.25. The summed E-state index contributed by atoms with van der Waals surface area (Å²) >= 11 is 1.59. The minimum Gasteiger partial charge on any atom is -0.408 e. The Morgan fingerprint density at radius 3 is 2.93 bits per heavy atom. The van der Waals surface area contributed by atoms with E-state index in [0.717, 1.165) is 4.88 Å². The van der Waals surface area contributed by atoms with Crippen molar-refractivity contribution in [1.82, 2.24) is 15.2 Å². The zero-order chi connectivity index (χ0) is 10.7. The molecule has 0 bridgehead atoms. The number of thiazole rings is 1. The van der Waals surface area contributed by atoms with Crippen molar-refractivity contribution in [2.45, 2.75) is 26.3 Å².